The van der Waals surface area contributed by atoms with Crippen molar-refractivity contribution in [1.82, 2.24) is 15.1 Å². The van der Waals surface area contributed by atoms with E-state index in [0.29, 0.717) is 30.5 Å². The van der Waals surface area contributed by atoms with Gasteiger partial charge in [-0.25, -0.2) is 0 Å². The molecule has 3 amide bonds. The summed E-state index contributed by atoms with van der Waals surface area (Å²) in [5.74, 6) is 0.577. The quantitative estimate of drug-likeness (QED) is 0.558. The van der Waals surface area contributed by atoms with Crippen LogP contribution in [0.4, 0.5) is 0 Å². The summed E-state index contributed by atoms with van der Waals surface area (Å²) in [6.07, 6.45) is 7.13. The molecule has 1 unspecified atom stereocenters. The molecule has 5 rings (SSSR count). The van der Waals surface area contributed by atoms with Crippen molar-refractivity contribution in [2.24, 2.45) is 11.3 Å². The van der Waals surface area contributed by atoms with E-state index in [0.717, 1.165) is 62.9 Å². The van der Waals surface area contributed by atoms with Crippen molar-refractivity contribution in [3.8, 4) is 11.8 Å². The maximum absolute atomic E-state index is 13.0. The Morgan fingerprint density at radius 1 is 1.22 bits per heavy atom. The van der Waals surface area contributed by atoms with Crippen LogP contribution in [0.25, 0.3) is 0 Å². The monoisotopic (exact) mass is 492 g/mol. The summed E-state index contributed by atoms with van der Waals surface area (Å²) in [4.78, 5) is 40.9. The van der Waals surface area contributed by atoms with E-state index in [-0.39, 0.29) is 29.8 Å². The number of likely N-dealkylation sites (N-methyl/N-ethyl adjacent to an activating group) is 1. The van der Waals surface area contributed by atoms with Crippen LogP contribution in [0.3, 0.4) is 0 Å². The average molecular weight is 493 g/mol. The molecule has 2 saturated carbocycles. The number of hydrogen-bond donors (Lipinski definition) is 1. The van der Waals surface area contributed by atoms with E-state index >= 15 is 0 Å². The van der Waals surface area contributed by atoms with E-state index in [1.807, 2.05) is 18.2 Å². The number of nitriles is 1. The summed E-state index contributed by atoms with van der Waals surface area (Å²) in [6, 6.07) is 7.84. The second kappa shape index (κ2) is 9.85. The van der Waals surface area contributed by atoms with Crippen molar-refractivity contribution in [2.45, 2.75) is 89.9 Å². The molecule has 1 aromatic carbocycles. The molecule has 8 heteroatoms. The molecule has 3 atom stereocenters. The normalized spacial score (nSPS) is 31.7. The average Bonchev–Trinajstić information content (AvgIpc) is 3.42. The van der Waals surface area contributed by atoms with Gasteiger partial charge in [-0.05, 0) is 94.6 Å². The molecule has 2 heterocycles. The van der Waals surface area contributed by atoms with Crippen LogP contribution in [-0.2, 0) is 16.1 Å². The summed E-state index contributed by atoms with van der Waals surface area (Å²) in [5.41, 5.74) is 1.35. The summed E-state index contributed by atoms with van der Waals surface area (Å²) in [7, 11) is 0. The van der Waals surface area contributed by atoms with Gasteiger partial charge in [0.15, 0.2) is 0 Å². The SMILES string of the molecule is CCN(CC[C@H]1C[C@](C)(C#N)C1)[C@H]1CCC[C@@H]1Oc1ccc2c(c1)CN(C1CCC(=O)NC1=O)C2=O. The van der Waals surface area contributed by atoms with Gasteiger partial charge >= 0.3 is 0 Å². The highest BCUT2D eigenvalue weighted by molar-refractivity contribution is 6.05. The first-order chi connectivity index (χ1) is 17.3. The van der Waals surface area contributed by atoms with Crippen LogP contribution < -0.4 is 10.1 Å². The summed E-state index contributed by atoms with van der Waals surface area (Å²) in [6.45, 7) is 6.64. The molecule has 0 spiro atoms. The Morgan fingerprint density at radius 3 is 2.75 bits per heavy atom. The molecular weight excluding hydrogens is 456 g/mol. The zero-order valence-electron chi connectivity index (χ0n) is 21.3. The number of benzene rings is 1. The number of imide groups is 1. The highest BCUT2D eigenvalue weighted by Gasteiger charge is 2.42. The van der Waals surface area contributed by atoms with Crippen molar-refractivity contribution in [2.75, 3.05) is 13.1 Å². The topological polar surface area (TPSA) is 103 Å². The van der Waals surface area contributed by atoms with Gasteiger partial charge in [-0.3, -0.25) is 24.6 Å². The number of hydrogen-bond acceptors (Lipinski definition) is 6. The Kier molecular flexibility index (Phi) is 6.78. The predicted octanol–water partition coefficient (Wildman–Crippen LogP) is 3.40. The van der Waals surface area contributed by atoms with Gasteiger partial charge in [0, 0.05) is 24.6 Å². The van der Waals surface area contributed by atoms with E-state index in [1.165, 1.54) is 0 Å². The zero-order chi connectivity index (χ0) is 25.4. The van der Waals surface area contributed by atoms with Crippen molar-refractivity contribution in [3.63, 3.8) is 0 Å². The maximum Gasteiger partial charge on any atom is 0.255 e. The highest BCUT2D eigenvalue weighted by atomic mass is 16.5. The fraction of sp³-hybridized carbons (Fsp3) is 0.643. The molecule has 2 aliphatic carbocycles. The van der Waals surface area contributed by atoms with Gasteiger partial charge < -0.3 is 9.64 Å². The minimum atomic E-state index is -0.606. The number of nitrogens with one attached hydrogen (secondary N) is 1. The van der Waals surface area contributed by atoms with E-state index < -0.39 is 11.9 Å². The second-order valence-electron chi connectivity index (χ2n) is 11.2. The third-order valence-electron chi connectivity index (χ3n) is 8.65. The lowest BCUT2D eigenvalue weighted by atomic mass is 9.63. The molecule has 36 heavy (non-hydrogen) atoms. The van der Waals surface area contributed by atoms with E-state index in [1.54, 1.807) is 4.90 Å². The standard InChI is InChI=1S/C28H36N4O4/c1-3-31(12-11-18-14-28(2,15-18)17-29)22-5-4-6-24(22)36-20-7-8-21-19(13-20)16-32(27(21)35)23-9-10-25(33)30-26(23)34/h7-8,13,18,22-24H,3-6,9-12,14-16H2,1-2H3,(H,30,33,34)/t18-,22-,23?,24-,28-/m0/s1. The highest BCUT2D eigenvalue weighted by Crippen LogP contribution is 2.46. The Morgan fingerprint density at radius 2 is 2.03 bits per heavy atom. The second-order valence-corrected chi connectivity index (χ2v) is 11.2. The van der Waals surface area contributed by atoms with Crippen LogP contribution >= 0.6 is 0 Å². The molecule has 1 aromatic rings. The zero-order valence-corrected chi connectivity index (χ0v) is 21.3. The fourth-order valence-electron chi connectivity index (χ4n) is 6.68. The lowest BCUT2D eigenvalue weighted by Crippen LogP contribution is -2.52. The smallest absolute Gasteiger partial charge is 0.255 e. The lowest BCUT2D eigenvalue weighted by molar-refractivity contribution is -0.136. The van der Waals surface area contributed by atoms with Gasteiger partial charge in [0.05, 0.1) is 11.5 Å². The first-order valence-corrected chi connectivity index (χ1v) is 13.4. The number of nitrogens with zero attached hydrogens (tertiary/aromatic N) is 3. The molecule has 192 valence electrons. The van der Waals surface area contributed by atoms with E-state index in [2.05, 4.69) is 30.1 Å². The van der Waals surface area contributed by atoms with Crippen LogP contribution in [0, 0.1) is 22.7 Å². The Hall–Kier alpha value is -2.92. The van der Waals surface area contributed by atoms with Gasteiger partial charge in [0.2, 0.25) is 11.8 Å². The van der Waals surface area contributed by atoms with Crippen LogP contribution in [0.1, 0.15) is 81.1 Å². The van der Waals surface area contributed by atoms with Gasteiger partial charge in [-0.15, -0.1) is 0 Å². The fourth-order valence-corrected chi connectivity index (χ4v) is 6.68. The minimum Gasteiger partial charge on any atom is -0.489 e. The predicted molar refractivity (Wildman–Crippen MR) is 133 cm³/mol. The summed E-state index contributed by atoms with van der Waals surface area (Å²) < 4.78 is 6.51. The molecule has 0 bridgehead atoms. The van der Waals surface area contributed by atoms with Crippen molar-refractivity contribution in [1.29, 1.82) is 5.26 Å². The molecule has 0 radical (unpaired) electrons. The summed E-state index contributed by atoms with van der Waals surface area (Å²) >= 11 is 0. The van der Waals surface area contributed by atoms with Crippen molar-refractivity contribution in [3.05, 3.63) is 29.3 Å². The van der Waals surface area contributed by atoms with Gasteiger partial charge in [-0.1, -0.05) is 6.92 Å². The number of piperidine rings is 1. The molecule has 4 aliphatic rings. The number of carbonyl (C=O) groups is 3. The number of fused-ring (bicyclic) bond motifs is 1. The molecule has 1 saturated heterocycles. The Balaban J connectivity index is 1.20. The van der Waals surface area contributed by atoms with Gasteiger partial charge in [0.25, 0.3) is 5.91 Å². The van der Waals surface area contributed by atoms with E-state index in [9.17, 15) is 19.6 Å². The third kappa shape index (κ3) is 4.73. The number of carbonyl (C=O) groups excluding carboxylic acids is 3. The molecule has 2 aliphatic heterocycles. The lowest BCUT2D eigenvalue weighted by Gasteiger charge is -2.41. The molecule has 1 N–H and O–H groups in total. The molecule has 3 fully saturated rings. The number of rotatable bonds is 8. The number of amides is 3. The van der Waals surface area contributed by atoms with Crippen LogP contribution in [0.2, 0.25) is 0 Å². The van der Waals surface area contributed by atoms with Crippen molar-refractivity contribution >= 4 is 17.7 Å². The first kappa shape index (κ1) is 24.8. The molecular formula is C28H36N4O4. The molecule has 8 nitrogen and oxygen atoms in total. The Bertz CT molecular complexity index is 1090. The van der Waals surface area contributed by atoms with Crippen LogP contribution in [0.5, 0.6) is 5.75 Å². The summed E-state index contributed by atoms with van der Waals surface area (Å²) in [5, 5.41) is 11.6. The van der Waals surface area contributed by atoms with Gasteiger partial charge in [0.1, 0.15) is 17.9 Å². The largest absolute Gasteiger partial charge is 0.489 e. The number of ether oxygens (including phenoxy) is 1. The molecule has 0 aromatic heterocycles. The third-order valence-corrected chi connectivity index (χ3v) is 8.65. The minimum absolute atomic E-state index is 0.108. The van der Waals surface area contributed by atoms with Crippen LogP contribution in [0.15, 0.2) is 18.2 Å². The van der Waals surface area contributed by atoms with Crippen molar-refractivity contribution < 1.29 is 19.1 Å². The van der Waals surface area contributed by atoms with Gasteiger partial charge in [-0.2, -0.15) is 5.26 Å². The van der Waals surface area contributed by atoms with E-state index in [4.69, 9.17) is 4.74 Å². The first-order valence-electron chi connectivity index (χ1n) is 13.4. The maximum atomic E-state index is 13.0. The Labute approximate surface area is 212 Å². The van der Waals surface area contributed by atoms with Crippen LogP contribution in [-0.4, -0.2) is 58.8 Å².